The summed E-state index contributed by atoms with van der Waals surface area (Å²) in [4.78, 5) is 24.3. The molecule has 18 heavy (non-hydrogen) atoms. The number of carboxylic acids is 1. The van der Waals surface area contributed by atoms with Crippen LogP contribution in [-0.2, 0) is 9.59 Å². The molecule has 1 saturated heterocycles. The van der Waals surface area contributed by atoms with E-state index in [4.69, 9.17) is 5.11 Å². The van der Waals surface area contributed by atoms with Gasteiger partial charge in [0.15, 0.2) is 0 Å². The van der Waals surface area contributed by atoms with Crippen LogP contribution in [0.4, 0.5) is 8.78 Å². The smallest absolute Gasteiger partial charge is 0.306 e. The minimum atomic E-state index is -2.61. The van der Waals surface area contributed by atoms with E-state index >= 15 is 0 Å². The molecule has 4 nitrogen and oxygen atoms in total. The summed E-state index contributed by atoms with van der Waals surface area (Å²) in [5, 5.41) is 8.85. The molecule has 2 fully saturated rings. The first-order valence-electron chi connectivity index (χ1n) is 6.28. The molecule has 2 rings (SSSR count). The van der Waals surface area contributed by atoms with Crippen molar-refractivity contribution in [2.75, 3.05) is 13.1 Å². The highest BCUT2D eigenvalue weighted by atomic mass is 19.3. The minimum absolute atomic E-state index is 0.252. The van der Waals surface area contributed by atoms with Crippen LogP contribution in [0.5, 0.6) is 0 Å². The molecule has 102 valence electrons. The van der Waals surface area contributed by atoms with E-state index in [-0.39, 0.29) is 25.9 Å². The molecule has 0 aromatic rings. The molecule has 1 amide bonds. The number of rotatable bonds is 3. The summed E-state index contributed by atoms with van der Waals surface area (Å²) < 4.78 is 26.0. The monoisotopic (exact) mass is 261 g/mol. The lowest BCUT2D eigenvalue weighted by atomic mass is 9.67. The van der Waals surface area contributed by atoms with Crippen molar-refractivity contribution in [1.82, 2.24) is 4.90 Å². The van der Waals surface area contributed by atoms with E-state index in [2.05, 4.69) is 0 Å². The number of alkyl halides is 2. The predicted molar refractivity (Wildman–Crippen MR) is 59.2 cm³/mol. The van der Waals surface area contributed by atoms with Crippen molar-refractivity contribution in [1.29, 1.82) is 0 Å². The molecule has 0 radical (unpaired) electrons. The zero-order valence-corrected chi connectivity index (χ0v) is 10.1. The Bertz CT molecular complexity index is 347. The highest BCUT2D eigenvalue weighted by molar-refractivity contribution is 5.84. The predicted octanol–water partition coefficient (Wildman–Crippen LogP) is 1.74. The lowest BCUT2D eigenvalue weighted by molar-refractivity contribution is -0.165. The maximum absolute atomic E-state index is 13.0. The Hall–Kier alpha value is -1.20. The summed E-state index contributed by atoms with van der Waals surface area (Å²) in [6, 6.07) is 0. The Labute approximate surface area is 104 Å². The summed E-state index contributed by atoms with van der Waals surface area (Å²) in [5.41, 5.74) is -1.48. The topological polar surface area (TPSA) is 57.6 Å². The molecule has 0 atom stereocenters. The SMILES string of the molecule is O=C(O)C1CCN(C(=O)C2(C(F)F)CCC2)CC1. The third-order valence-electron chi connectivity index (χ3n) is 4.22. The van der Waals surface area contributed by atoms with E-state index in [0.29, 0.717) is 19.3 Å². The Kier molecular flexibility index (Phi) is 3.54. The van der Waals surface area contributed by atoms with Gasteiger partial charge in [-0.1, -0.05) is 6.42 Å². The average molecular weight is 261 g/mol. The van der Waals surface area contributed by atoms with Gasteiger partial charge in [-0.15, -0.1) is 0 Å². The number of nitrogens with zero attached hydrogens (tertiary/aromatic N) is 1. The summed E-state index contributed by atoms with van der Waals surface area (Å²) in [6.45, 7) is 0.564. The molecule has 0 unspecified atom stereocenters. The molecule has 2 aliphatic rings. The zero-order valence-electron chi connectivity index (χ0n) is 10.1. The van der Waals surface area contributed by atoms with E-state index in [0.717, 1.165) is 0 Å². The van der Waals surface area contributed by atoms with Crippen molar-refractivity contribution in [3.05, 3.63) is 0 Å². The number of carbonyl (C=O) groups excluding carboxylic acids is 1. The van der Waals surface area contributed by atoms with Crippen molar-refractivity contribution in [3.63, 3.8) is 0 Å². The molecule has 1 N–H and O–H groups in total. The van der Waals surface area contributed by atoms with Gasteiger partial charge in [0.2, 0.25) is 5.91 Å². The van der Waals surface area contributed by atoms with Crippen molar-refractivity contribution >= 4 is 11.9 Å². The Balaban J connectivity index is 1.97. The van der Waals surface area contributed by atoms with Crippen LogP contribution in [0.1, 0.15) is 32.1 Å². The van der Waals surface area contributed by atoms with Gasteiger partial charge in [0, 0.05) is 13.1 Å². The second kappa shape index (κ2) is 4.82. The van der Waals surface area contributed by atoms with Crippen molar-refractivity contribution < 1.29 is 23.5 Å². The third-order valence-corrected chi connectivity index (χ3v) is 4.22. The van der Waals surface area contributed by atoms with Crippen LogP contribution in [0.25, 0.3) is 0 Å². The van der Waals surface area contributed by atoms with E-state index in [9.17, 15) is 18.4 Å². The molecule has 1 saturated carbocycles. The van der Waals surface area contributed by atoms with Gasteiger partial charge in [0.1, 0.15) is 5.41 Å². The Morgan fingerprint density at radius 3 is 2.11 bits per heavy atom. The van der Waals surface area contributed by atoms with Gasteiger partial charge in [-0.3, -0.25) is 9.59 Å². The lowest BCUT2D eigenvalue weighted by Gasteiger charge is -2.44. The maximum atomic E-state index is 13.0. The first-order valence-corrected chi connectivity index (χ1v) is 6.28. The molecular formula is C12H17F2NO3. The minimum Gasteiger partial charge on any atom is -0.481 e. The fourth-order valence-electron chi connectivity index (χ4n) is 2.73. The summed E-state index contributed by atoms with van der Waals surface area (Å²) in [7, 11) is 0. The fourth-order valence-corrected chi connectivity index (χ4v) is 2.73. The standard InChI is InChI=1S/C12H17F2NO3/c13-10(14)12(4-1-5-12)11(18)15-6-2-8(3-7-15)9(16)17/h8,10H,1-7H2,(H,16,17). The van der Waals surface area contributed by atoms with Crippen LogP contribution >= 0.6 is 0 Å². The first-order chi connectivity index (χ1) is 8.47. The van der Waals surface area contributed by atoms with Crippen molar-refractivity contribution in [2.45, 2.75) is 38.5 Å². The second-order valence-electron chi connectivity index (χ2n) is 5.22. The van der Waals surface area contributed by atoms with E-state index in [1.165, 1.54) is 4.90 Å². The van der Waals surface area contributed by atoms with Crippen LogP contribution in [0.15, 0.2) is 0 Å². The Morgan fingerprint density at radius 2 is 1.78 bits per heavy atom. The number of aliphatic carboxylic acids is 1. The van der Waals surface area contributed by atoms with Crippen molar-refractivity contribution in [3.8, 4) is 0 Å². The largest absolute Gasteiger partial charge is 0.481 e. The highest BCUT2D eigenvalue weighted by Crippen LogP contribution is 2.47. The van der Waals surface area contributed by atoms with E-state index in [1.54, 1.807) is 0 Å². The molecule has 0 aromatic heterocycles. The Morgan fingerprint density at radius 1 is 1.22 bits per heavy atom. The summed E-state index contributed by atoms with van der Waals surface area (Å²) in [5.74, 6) is -1.79. The average Bonchev–Trinajstić information content (AvgIpc) is 2.27. The van der Waals surface area contributed by atoms with Crippen LogP contribution in [0, 0.1) is 11.3 Å². The quantitative estimate of drug-likeness (QED) is 0.842. The van der Waals surface area contributed by atoms with Crippen molar-refractivity contribution in [2.24, 2.45) is 11.3 Å². The van der Waals surface area contributed by atoms with Gasteiger partial charge in [0.25, 0.3) is 6.43 Å². The van der Waals surface area contributed by atoms with Gasteiger partial charge < -0.3 is 10.0 Å². The maximum Gasteiger partial charge on any atom is 0.306 e. The number of carboxylic acid groups (broad SMARTS) is 1. The molecular weight excluding hydrogens is 244 g/mol. The van der Waals surface area contributed by atoms with Gasteiger partial charge in [-0.05, 0) is 25.7 Å². The lowest BCUT2D eigenvalue weighted by Crippen LogP contribution is -2.54. The molecule has 6 heteroatoms. The number of halogens is 2. The number of piperidine rings is 1. The number of hydrogen-bond donors (Lipinski definition) is 1. The summed E-state index contributed by atoms with van der Waals surface area (Å²) >= 11 is 0. The van der Waals surface area contributed by atoms with Gasteiger partial charge >= 0.3 is 5.97 Å². The number of hydrogen-bond acceptors (Lipinski definition) is 2. The molecule has 0 spiro atoms. The molecule has 0 bridgehead atoms. The molecule has 1 aliphatic carbocycles. The molecule has 1 heterocycles. The van der Waals surface area contributed by atoms with Crippen LogP contribution in [0.2, 0.25) is 0 Å². The number of likely N-dealkylation sites (tertiary alicyclic amines) is 1. The van der Waals surface area contributed by atoms with E-state index in [1.807, 2.05) is 0 Å². The molecule has 0 aromatic carbocycles. The van der Waals surface area contributed by atoms with Gasteiger partial charge in [-0.25, -0.2) is 8.78 Å². The number of amides is 1. The van der Waals surface area contributed by atoms with Crippen LogP contribution in [-0.4, -0.2) is 41.4 Å². The van der Waals surface area contributed by atoms with Crippen LogP contribution in [0.3, 0.4) is 0 Å². The molecule has 1 aliphatic heterocycles. The normalized spacial score (nSPS) is 23.8. The number of carbonyl (C=O) groups is 2. The highest BCUT2D eigenvalue weighted by Gasteiger charge is 2.53. The van der Waals surface area contributed by atoms with Gasteiger partial charge in [-0.2, -0.15) is 0 Å². The fraction of sp³-hybridized carbons (Fsp3) is 0.833. The van der Waals surface area contributed by atoms with Crippen LogP contribution < -0.4 is 0 Å². The van der Waals surface area contributed by atoms with E-state index < -0.39 is 29.6 Å². The second-order valence-corrected chi connectivity index (χ2v) is 5.22. The first kappa shape index (κ1) is 13.2. The summed E-state index contributed by atoms with van der Waals surface area (Å²) in [6.07, 6.45) is -0.719. The third kappa shape index (κ3) is 2.08. The zero-order chi connectivity index (χ0) is 13.3. The van der Waals surface area contributed by atoms with Gasteiger partial charge in [0.05, 0.1) is 5.92 Å².